The van der Waals surface area contributed by atoms with Crippen LogP contribution in [0, 0.1) is 5.92 Å². The SMILES string of the molecule is CCN(C(=O)CCC(C)CNC(=O)OCC1c2ccccc2-c2ccccc21)C(C)C(=O)O. The Bertz CT molecular complexity index is 960. The van der Waals surface area contributed by atoms with Gasteiger partial charge in [-0.15, -0.1) is 0 Å². The van der Waals surface area contributed by atoms with Crippen molar-refractivity contribution in [1.29, 1.82) is 0 Å². The molecule has 33 heavy (non-hydrogen) atoms. The number of benzene rings is 2. The molecule has 1 aliphatic rings. The van der Waals surface area contributed by atoms with Gasteiger partial charge < -0.3 is 20.1 Å². The van der Waals surface area contributed by atoms with Crippen LogP contribution in [0.1, 0.15) is 50.7 Å². The highest BCUT2D eigenvalue weighted by Crippen LogP contribution is 2.44. The molecule has 1 aliphatic carbocycles. The van der Waals surface area contributed by atoms with Gasteiger partial charge in [-0.1, -0.05) is 55.5 Å². The van der Waals surface area contributed by atoms with Gasteiger partial charge in [0.2, 0.25) is 5.91 Å². The van der Waals surface area contributed by atoms with Crippen molar-refractivity contribution in [3.63, 3.8) is 0 Å². The molecule has 0 heterocycles. The lowest BCUT2D eigenvalue weighted by Gasteiger charge is -2.25. The number of carbonyl (C=O) groups excluding carboxylic acids is 2. The summed E-state index contributed by atoms with van der Waals surface area (Å²) in [6, 6.07) is 15.5. The van der Waals surface area contributed by atoms with Crippen molar-refractivity contribution in [1.82, 2.24) is 10.2 Å². The number of carbonyl (C=O) groups is 3. The molecule has 0 bridgehead atoms. The number of aliphatic carboxylic acids is 1. The highest BCUT2D eigenvalue weighted by molar-refractivity contribution is 5.83. The molecule has 2 N–H and O–H groups in total. The number of hydrogen-bond acceptors (Lipinski definition) is 4. The first-order chi connectivity index (χ1) is 15.8. The number of nitrogens with one attached hydrogen (secondary N) is 1. The van der Waals surface area contributed by atoms with Crippen molar-refractivity contribution in [2.24, 2.45) is 5.92 Å². The zero-order chi connectivity index (χ0) is 24.0. The standard InChI is InChI=1S/C26H32N2O5/c1-4-28(18(3)25(30)31)24(29)14-13-17(2)15-27-26(32)33-16-23-21-11-7-5-9-19(21)20-10-6-8-12-22(20)23/h5-12,17-18,23H,4,13-16H2,1-3H3,(H,27,32)(H,30,31). The monoisotopic (exact) mass is 452 g/mol. The van der Waals surface area contributed by atoms with Crippen LogP contribution in [0.15, 0.2) is 48.5 Å². The number of alkyl carbamates (subject to hydrolysis) is 1. The number of carboxylic acids is 1. The molecule has 2 atom stereocenters. The Morgan fingerprint density at radius 1 is 1.03 bits per heavy atom. The summed E-state index contributed by atoms with van der Waals surface area (Å²) in [6.07, 6.45) is 0.300. The van der Waals surface area contributed by atoms with Crippen LogP contribution >= 0.6 is 0 Å². The van der Waals surface area contributed by atoms with Crippen LogP contribution in [-0.2, 0) is 14.3 Å². The first-order valence-electron chi connectivity index (χ1n) is 11.4. The van der Waals surface area contributed by atoms with Crippen molar-refractivity contribution in [3.8, 4) is 11.1 Å². The zero-order valence-electron chi connectivity index (χ0n) is 19.4. The normalized spacial score (nSPS) is 14.0. The second-order valence-corrected chi connectivity index (χ2v) is 8.54. The van der Waals surface area contributed by atoms with Crippen LogP contribution in [0.4, 0.5) is 4.79 Å². The first-order valence-corrected chi connectivity index (χ1v) is 11.4. The van der Waals surface area contributed by atoms with E-state index in [2.05, 4.69) is 29.6 Å². The molecule has 2 aromatic carbocycles. The van der Waals surface area contributed by atoms with Gasteiger partial charge in [-0.2, -0.15) is 0 Å². The van der Waals surface area contributed by atoms with E-state index in [9.17, 15) is 14.4 Å². The number of amides is 2. The molecule has 0 saturated heterocycles. The molecule has 0 saturated carbocycles. The molecule has 0 aromatic heterocycles. The Labute approximate surface area is 194 Å². The van der Waals surface area contributed by atoms with Crippen molar-refractivity contribution < 1.29 is 24.2 Å². The summed E-state index contributed by atoms with van der Waals surface area (Å²) in [5.74, 6) is -1.15. The second kappa shape index (κ2) is 11.0. The Balaban J connectivity index is 1.45. The van der Waals surface area contributed by atoms with E-state index in [0.29, 0.717) is 19.5 Å². The van der Waals surface area contributed by atoms with Gasteiger partial charge in [-0.05, 0) is 48.4 Å². The van der Waals surface area contributed by atoms with Crippen LogP contribution in [0.2, 0.25) is 0 Å². The van der Waals surface area contributed by atoms with Gasteiger partial charge in [0.25, 0.3) is 0 Å². The molecule has 3 rings (SSSR count). The maximum atomic E-state index is 12.4. The van der Waals surface area contributed by atoms with Gasteiger partial charge in [-0.25, -0.2) is 9.59 Å². The van der Waals surface area contributed by atoms with Crippen LogP contribution < -0.4 is 5.32 Å². The van der Waals surface area contributed by atoms with E-state index < -0.39 is 18.1 Å². The highest BCUT2D eigenvalue weighted by Gasteiger charge is 2.29. The van der Waals surface area contributed by atoms with Crippen LogP contribution in [0.25, 0.3) is 11.1 Å². The van der Waals surface area contributed by atoms with Crippen LogP contribution in [0.3, 0.4) is 0 Å². The topological polar surface area (TPSA) is 95.9 Å². The average Bonchev–Trinajstić information content (AvgIpc) is 3.14. The third kappa shape index (κ3) is 5.72. The van der Waals surface area contributed by atoms with Gasteiger partial charge in [-0.3, -0.25) is 4.79 Å². The molecule has 0 fully saturated rings. The number of hydrogen-bond donors (Lipinski definition) is 2. The van der Waals surface area contributed by atoms with Gasteiger partial charge in [0.15, 0.2) is 0 Å². The summed E-state index contributed by atoms with van der Waals surface area (Å²) < 4.78 is 5.54. The minimum Gasteiger partial charge on any atom is -0.480 e. The molecule has 7 nitrogen and oxygen atoms in total. The number of rotatable bonds is 10. The largest absolute Gasteiger partial charge is 0.480 e. The quantitative estimate of drug-likeness (QED) is 0.561. The van der Waals surface area contributed by atoms with E-state index in [0.717, 1.165) is 11.1 Å². The summed E-state index contributed by atoms with van der Waals surface area (Å²) in [4.78, 5) is 37.2. The van der Waals surface area contributed by atoms with Gasteiger partial charge in [0.05, 0.1) is 0 Å². The molecule has 0 aliphatic heterocycles. The molecular formula is C26H32N2O5. The Morgan fingerprint density at radius 3 is 2.15 bits per heavy atom. The van der Waals surface area contributed by atoms with Crippen LogP contribution in [0.5, 0.6) is 0 Å². The summed E-state index contributed by atoms with van der Waals surface area (Å²) in [6.45, 7) is 6.19. The second-order valence-electron chi connectivity index (χ2n) is 8.54. The van der Waals surface area contributed by atoms with Gasteiger partial charge >= 0.3 is 12.1 Å². The fraction of sp³-hybridized carbons (Fsp3) is 0.423. The van der Waals surface area contributed by atoms with E-state index in [1.807, 2.05) is 31.2 Å². The Morgan fingerprint density at radius 2 is 1.61 bits per heavy atom. The molecule has 176 valence electrons. The third-order valence-corrected chi connectivity index (χ3v) is 6.28. The van der Waals surface area contributed by atoms with E-state index in [1.54, 1.807) is 6.92 Å². The average molecular weight is 453 g/mol. The molecule has 7 heteroatoms. The smallest absolute Gasteiger partial charge is 0.407 e. The Hall–Kier alpha value is -3.35. The summed E-state index contributed by atoms with van der Waals surface area (Å²) in [7, 11) is 0. The third-order valence-electron chi connectivity index (χ3n) is 6.28. The zero-order valence-corrected chi connectivity index (χ0v) is 19.4. The summed E-state index contributed by atoms with van der Waals surface area (Å²) in [5.41, 5.74) is 4.68. The molecule has 2 amide bonds. The fourth-order valence-corrected chi connectivity index (χ4v) is 4.32. The van der Waals surface area contributed by atoms with Crippen molar-refractivity contribution >= 4 is 18.0 Å². The predicted octanol–water partition coefficient (Wildman–Crippen LogP) is 4.26. The van der Waals surface area contributed by atoms with Crippen molar-refractivity contribution in [2.45, 2.75) is 45.6 Å². The molecule has 2 unspecified atom stereocenters. The maximum absolute atomic E-state index is 12.4. The van der Waals surface area contributed by atoms with Crippen LogP contribution in [-0.4, -0.2) is 53.7 Å². The molecule has 2 aromatic rings. The number of carboxylic acid groups (broad SMARTS) is 1. The van der Waals surface area contributed by atoms with E-state index in [4.69, 9.17) is 9.84 Å². The maximum Gasteiger partial charge on any atom is 0.407 e. The number of nitrogens with zero attached hydrogens (tertiary/aromatic N) is 1. The van der Waals surface area contributed by atoms with Crippen molar-refractivity contribution in [3.05, 3.63) is 59.7 Å². The molecule has 0 spiro atoms. The highest BCUT2D eigenvalue weighted by atomic mass is 16.5. The minimum atomic E-state index is -1.02. The number of likely N-dealkylation sites (N-methyl/N-ethyl adjacent to an activating group) is 1. The lowest BCUT2D eigenvalue weighted by molar-refractivity contribution is -0.149. The lowest BCUT2D eigenvalue weighted by Crippen LogP contribution is -2.43. The van der Waals surface area contributed by atoms with E-state index in [-0.39, 0.29) is 30.8 Å². The summed E-state index contributed by atoms with van der Waals surface area (Å²) >= 11 is 0. The fourth-order valence-electron chi connectivity index (χ4n) is 4.32. The van der Waals surface area contributed by atoms with E-state index >= 15 is 0 Å². The molecule has 0 radical (unpaired) electrons. The van der Waals surface area contributed by atoms with Crippen molar-refractivity contribution in [2.75, 3.05) is 19.7 Å². The Kier molecular flexibility index (Phi) is 8.09. The number of ether oxygens (including phenoxy) is 1. The summed E-state index contributed by atoms with van der Waals surface area (Å²) in [5, 5.41) is 11.9. The molecular weight excluding hydrogens is 420 g/mol. The predicted molar refractivity (Wildman–Crippen MR) is 126 cm³/mol. The minimum absolute atomic E-state index is 0.00875. The van der Waals surface area contributed by atoms with Gasteiger partial charge in [0, 0.05) is 25.4 Å². The number of fused-ring (bicyclic) bond motifs is 3. The van der Waals surface area contributed by atoms with Gasteiger partial charge in [0.1, 0.15) is 12.6 Å². The lowest BCUT2D eigenvalue weighted by atomic mass is 9.98. The first kappa shape index (κ1) is 24.3. The van der Waals surface area contributed by atoms with E-state index in [1.165, 1.54) is 23.0 Å².